The number of hydrogen-bond donors (Lipinski definition) is 1. The van der Waals surface area contributed by atoms with Crippen molar-refractivity contribution in [2.24, 2.45) is 5.92 Å². The average molecular weight is 266 g/mol. The summed E-state index contributed by atoms with van der Waals surface area (Å²) in [5.41, 5.74) is 0. The van der Waals surface area contributed by atoms with Crippen molar-refractivity contribution < 1.29 is 0 Å². The van der Waals surface area contributed by atoms with E-state index in [2.05, 4.69) is 31.0 Å². The van der Waals surface area contributed by atoms with Crippen LogP contribution in [-0.2, 0) is 0 Å². The Bertz CT molecular complexity index is 254. The predicted octanol–water partition coefficient (Wildman–Crippen LogP) is 3.81. The molecule has 1 aliphatic carbocycles. The number of hydrogen-bond acceptors (Lipinski definition) is 2. The van der Waals surface area contributed by atoms with Crippen LogP contribution in [0.4, 0.5) is 0 Å². The molecule has 1 aliphatic heterocycles. The highest BCUT2D eigenvalue weighted by atomic mass is 15.2. The molecule has 112 valence electrons. The molecule has 0 aromatic rings. The van der Waals surface area contributed by atoms with Gasteiger partial charge in [-0.1, -0.05) is 39.5 Å². The standard InChI is InChI=1S/C17H34N2/c1-4-18-16-9-7-5-6-8-10-17(16)19-13-14(2)11-12-15(19)3/h14-18H,4-13H2,1-3H3. The largest absolute Gasteiger partial charge is 0.313 e. The van der Waals surface area contributed by atoms with E-state index in [0.29, 0.717) is 0 Å². The molecular formula is C17H34N2. The highest BCUT2D eigenvalue weighted by Gasteiger charge is 2.33. The van der Waals surface area contributed by atoms with E-state index in [1.165, 1.54) is 57.9 Å². The Hall–Kier alpha value is -0.0800. The van der Waals surface area contributed by atoms with Crippen LogP contribution < -0.4 is 5.32 Å². The van der Waals surface area contributed by atoms with Gasteiger partial charge >= 0.3 is 0 Å². The molecule has 1 saturated carbocycles. The highest BCUT2D eigenvalue weighted by Crippen LogP contribution is 2.29. The molecule has 0 radical (unpaired) electrons. The normalized spacial score (nSPS) is 38.7. The van der Waals surface area contributed by atoms with Gasteiger partial charge in [0.25, 0.3) is 0 Å². The van der Waals surface area contributed by atoms with Crippen LogP contribution in [-0.4, -0.2) is 36.1 Å². The van der Waals surface area contributed by atoms with Crippen molar-refractivity contribution in [1.82, 2.24) is 10.2 Å². The summed E-state index contributed by atoms with van der Waals surface area (Å²) < 4.78 is 0. The first-order chi connectivity index (χ1) is 9.22. The fourth-order valence-corrected chi connectivity index (χ4v) is 4.15. The summed E-state index contributed by atoms with van der Waals surface area (Å²) >= 11 is 0. The third-order valence-corrected chi connectivity index (χ3v) is 5.29. The molecule has 19 heavy (non-hydrogen) atoms. The highest BCUT2D eigenvalue weighted by molar-refractivity contribution is 4.90. The molecule has 1 N–H and O–H groups in total. The van der Waals surface area contributed by atoms with Crippen molar-refractivity contribution in [3.63, 3.8) is 0 Å². The van der Waals surface area contributed by atoms with E-state index < -0.39 is 0 Å². The summed E-state index contributed by atoms with van der Waals surface area (Å²) in [7, 11) is 0. The van der Waals surface area contributed by atoms with Gasteiger partial charge in [0.1, 0.15) is 0 Å². The monoisotopic (exact) mass is 266 g/mol. The van der Waals surface area contributed by atoms with E-state index in [4.69, 9.17) is 0 Å². The van der Waals surface area contributed by atoms with E-state index in [1.54, 1.807) is 0 Å². The van der Waals surface area contributed by atoms with Gasteiger partial charge in [-0.2, -0.15) is 0 Å². The first-order valence-electron chi connectivity index (χ1n) is 8.71. The van der Waals surface area contributed by atoms with Gasteiger partial charge in [-0.05, 0) is 45.1 Å². The molecule has 4 unspecified atom stereocenters. The zero-order valence-corrected chi connectivity index (χ0v) is 13.3. The summed E-state index contributed by atoms with van der Waals surface area (Å²) in [5, 5.41) is 3.79. The summed E-state index contributed by atoms with van der Waals surface area (Å²) in [6.45, 7) is 9.60. The Morgan fingerprint density at radius 2 is 1.68 bits per heavy atom. The predicted molar refractivity (Wildman–Crippen MR) is 83.5 cm³/mol. The van der Waals surface area contributed by atoms with Crippen LogP contribution >= 0.6 is 0 Å². The lowest BCUT2D eigenvalue weighted by Gasteiger charge is -2.46. The SMILES string of the molecule is CCNC1CCCCCCC1N1CC(C)CCC1C. The van der Waals surface area contributed by atoms with Crippen molar-refractivity contribution in [2.45, 2.75) is 90.3 Å². The Morgan fingerprint density at radius 3 is 2.42 bits per heavy atom. The quantitative estimate of drug-likeness (QED) is 0.835. The third kappa shape index (κ3) is 4.19. The number of likely N-dealkylation sites (tertiary alicyclic amines) is 1. The zero-order chi connectivity index (χ0) is 13.7. The lowest BCUT2D eigenvalue weighted by Crippen LogP contribution is -2.56. The van der Waals surface area contributed by atoms with Crippen LogP contribution in [0.15, 0.2) is 0 Å². The van der Waals surface area contributed by atoms with E-state index in [0.717, 1.165) is 30.6 Å². The minimum absolute atomic E-state index is 0.734. The third-order valence-electron chi connectivity index (χ3n) is 5.29. The first-order valence-corrected chi connectivity index (χ1v) is 8.71. The molecule has 0 amide bonds. The Balaban J connectivity index is 2.05. The Kier molecular flexibility index (Phi) is 6.15. The summed E-state index contributed by atoms with van der Waals surface area (Å²) in [6.07, 6.45) is 11.4. The smallest absolute Gasteiger partial charge is 0.0252 e. The number of rotatable bonds is 3. The molecule has 1 saturated heterocycles. The van der Waals surface area contributed by atoms with Crippen LogP contribution in [0.3, 0.4) is 0 Å². The van der Waals surface area contributed by atoms with Gasteiger partial charge < -0.3 is 5.32 Å². The van der Waals surface area contributed by atoms with Crippen molar-refractivity contribution in [3.05, 3.63) is 0 Å². The van der Waals surface area contributed by atoms with Crippen LogP contribution in [0.2, 0.25) is 0 Å². The maximum absolute atomic E-state index is 3.79. The Labute approximate surface area is 120 Å². The molecule has 2 nitrogen and oxygen atoms in total. The maximum Gasteiger partial charge on any atom is 0.0252 e. The summed E-state index contributed by atoms with van der Waals surface area (Å²) in [4.78, 5) is 2.85. The maximum atomic E-state index is 3.79. The van der Waals surface area contributed by atoms with E-state index in [1.807, 2.05) is 0 Å². The molecule has 0 aromatic carbocycles. The minimum Gasteiger partial charge on any atom is -0.313 e. The van der Waals surface area contributed by atoms with Crippen LogP contribution in [0.1, 0.15) is 72.1 Å². The fourth-order valence-electron chi connectivity index (χ4n) is 4.15. The van der Waals surface area contributed by atoms with E-state index >= 15 is 0 Å². The average Bonchev–Trinajstić information content (AvgIpc) is 2.37. The van der Waals surface area contributed by atoms with Gasteiger partial charge in [0, 0.05) is 24.7 Å². The van der Waals surface area contributed by atoms with Crippen molar-refractivity contribution in [2.75, 3.05) is 13.1 Å². The number of likely N-dealkylation sites (N-methyl/N-ethyl adjacent to an activating group) is 1. The zero-order valence-electron chi connectivity index (χ0n) is 13.3. The topological polar surface area (TPSA) is 15.3 Å². The van der Waals surface area contributed by atoms with Crippen LogP contribution in [0.5, 0.6) is 0 Å². The van der Waals surface area contributed by atoms with Crippen LogP contribution in [0, 0.1) is 5.92 Å². The number of nitrogens with one attached hydrogen (secondary N) is 1. The molecule has 2 heteroatoms. The second kappa shape index (κ2) is 7.64. The van der Waals surface area contributed by atoms with Crippen molar-refractivity contribution in [1.29, 1.82) is 0 Å². The van der Waals surface area contributed by atoms with Gasteiger partial charge in [0.2, 0.25) is 0 Å². The summed E-state index contributed by atoms with van der Waals surface area (Å²) in [5.74, 6) is 0.893. The van der Waals surface area contributed by atoms with Gasteiger partial charge in [0.05, 0.1) is 0 Å². The molecular weight excluding hydrogens is 232 g/mol. The van der Waals surface area contributed by atoms with Crippen LogP contribution in [0.25, 0.3) is 0 Å². The molecule has 1 heterocycles. The second-order valence-electron chi connectivity index (χ2n) is 6.95. The van der Waals surface area contributed by atoms with Crippen molar-refractivity contribution in [3.8, 4) is 0 Å². The van der Waals surface area contributed by atoms with E-state index in [9.17, 15) is 0 Å². The molecule has 2 fully saturated rings. The van der Waals surface area contributed by atoms with Gasteiger partial charge in [-0.25, -0.2) is 0 Å². The van der Waals surface area contributed by atoms with Crippen molar-refractivity contribution >= 4 is 0 Å². The lowest BCUT2D eigenvalue weighted by atomic mass is 9.86. The molecule has 4 atom stereocenters. The fraction of sp³-hybridized carbons (Fsp3) is 1.00. The molecule has 0 spiro atoms. The molecule has 2 aliphatic rings. The second-order valence-corrected chi connectivity index (χ2v) is 6.95. The minimum atomic E-state index is 0.734. The lowest BCUT2D eigenvalue weighted by molar-refractivity contribution is 0.0465. The molecule has 2 rings (SSSR count). The van der Waals surface area contributed by atoms with Gasteiger partial charge in [-0.3, -0.25) is 4.90 Å². The Morgan fingerprint density at radius 1 is 0.947 bits per heavy atom. The number of piperidine rings is 1. The van der Waals surface area contributed by atoms with Gasteiger partial charge in [0.15, 0.2) is 0 Å². The number of nitrogens with zero attached hydrogens (tertiary/aromatic N) is 1. The van der Waals surface area contributed by atoms with E-state index in [-0.39, 0.29) is 0 Å². The molecule has 0 aromatic heterocycles. The first kappa shape index (κ1) is 15.3. The summed E-state index contributed by atoms with van der Waals surface area (Å²) in [6, 6.07) is 2.32. The van der Waals surface area contributed by atoms with Gasteiger partial charge in [-0.15, -0.1) is 0 Å². The molecule has 0 bridgehead atoms.